The predicted molar refractivity (Wildman–Crippen MR) is 112 cm³/mol. The van der Waals surface area contributed by atoms with Gasteiger partial charge in [0.1, 0.15) is 5.75 Å². The van der Waals surface area contributed by atoms with Gasteiger partial charge in [-0.15, -0.1) is 11.3 Å². The van der Waals surface area contributed by atoms with Crippen LogP contribution in [0, 0.1) is 0 Å². The van der Waals surface area contributed by atoms with E-state index in [0.717, 1.165) is 27.7 Å². The predicted octanol–water partition coefficient (Wildman–Crippen LogP) is 4.49. The highest BCUT2D eigenvalue weighted by atomic mass is 35.5. The molecule has 0 aliphatic heterocycles. The fourth-order valence-electron chi connectivity index (χ4n) is 2.71. The summed E-state index contributed by atoms with van der Waals surface area (Å²) in [7, 11) is 1.63. The molecule has 0 saturated carbocycles. The van der Waals surface area contributed by atoms with Crippen molar-refractivity contribution in [2.75, 3.05) is 7.11 Å². The minimum atomic E-state index is -0.315. The lowest BCUT2D eigenvalue weighted by Crippen LogP contribution is -2.17. The molecule has 0 radical (unpaired) electrons. The number of hydrazone groups is 1. The molecule has 140 valence electrons. The van der Waals surface area contributed by atoms with Crippen LogP contribution in [0.3, 0.4) is 0 Å². The van der Waals surface area contributed by atoms with E-state index in [0.29, 0.717) is 10.6 Å². The Morgan fingerprint density at radius 1 is 1.21 bits per heavy atom. The number of thiazole rings is 1. The fourth-order valence-corrected chi connectivity index (χ4v) is 3.55. The Balaban J connectivity index is 1.62. The topological polar surface area (TPSA) is 68.0 Å². The lowest BCUT2D eigenvalue weighted by atomic mass is 10.1. The molecule has 0 fully saturated rings. The summed E-state index contributed by atoms with van der Waals surface area (Å²) >= 11 is 7.38. The number of hydrogen-bond donors (Lipinski definition) is 1. The van der Waals surface area contributed by atoms with Gasteiger partial charge in [-0.25, -0.2) is 10.4 Å². The minimum absolute atomic E-state index is 0.315. The van der Waals surface area contributed by atoms with Gasteiger partial charge in [0, 0.05) is 27.7 Å². The third kappa shape index (κ3) is 3.62. The van der Waals surface area contributed by atoms with Crippen LogP contribution in [-0.2, 0) is 0 Å². The number of nitrogens with one attached hydrogen (secondary N) is 1. The summed E-state index contributed by atoms with van der Waals surface area (Å²) in [5.41, 5.74) is 5.50. The van der Waals surface area contributed by atoms with Crippen LogP contribution in [0.1, 0.15) is 16.1 Å². The van der Waals surface area contributed by atoms with E-state index in [-0.39, 0.29) is 5.91 Å². The van der Waals surface area contributed by atoms with Gasteiger partial charge >= 0.3 is 0 Å². The summed E-state index contributed by atoms with van der Waals surface area (Å²) in [6.45, 7) is 0. The van der Waals surface area contributed by atoms with E-state index in [9.17, 15) is 4.79 Å². The zero-order valence-electron chi connectivity index (χ0n) is 14.8. The zero-order valence-corrected chi connectivity index (χ0v) is 16.4. The van der Waals surface area contributed by atoms with Crippen LogP contribution >= 0.6 is 22.9 Å². The summed E-state index contributed by atoms with van der Waals surface area (Å²) in [6.07, 6.45) is 3.52. The number of nitrogens with zero attached hydrogens (tertiary/aromatic N) is 3. The number of halogens is 1. The first kappa shape index (κ1) is 18.2. The quantitative estimate of drug-likeness (QED) is 0.389. The Labute approximate surface area is 170 Å². The van der Waals surface area contributed by atoms with Gasteiger partial charge in [-0.3, -0.25) is 9.20 Å². The van der Waals surface area contributed by atoms with E-state index in [1.165, 1.54) is 11.3 Å². The number of methoxy groups -OCH3 is 1. The second kappa shape index (κ2) is 7.84. The van der Waals surface area contributed by atoms with Gasteiger partial charge in [-0.2, -0.15) is 5.10 Å². The highest BCUT2D eigenvalue weighted by molar-refractivity contribution is 7.15. The number of rotatable bonds is 5. The molecular weight excluding hydrogens is 396 g/mol. The Morgan fingerprint density at radius 3 is 2.68 bits per heavy atom. The average molecular weight is 411 g/mol. The minimum Gasteiger partial charge on any atom is -0.497 e. The van der Waals surface area contributed by atoms with Crippen molar-refractivity contribution in [2.24, 2.45) is 5.10 Å². The van der Waals surface area contributed by atoms with Gasteiger partial charge in [-0.05, 0) is 48.5 Å². The van der Waals surface area contributed by atoms with E-state index >= 15 is 0 Å². The molecule has 4 rings (SSSR count). The van der Waals surface area contributed by atoms with Gasteiger partial charge < -0.3 is 4.74 Å². The molecule has 4 aromatic rings. The van der Waals surface area contributed by atoms with Crippen molar-refractivity contribution in [2.45, 2.75) is 0 Å². The summed E-state index contributed by atoms with van der Waals surface area (Å²) in [5.74, 6) is 0.459. The standard InChI is InChI=1S/C20H15ClN4O2S/c1-27-16-8-4-13(5-9-16)18-17(25-10-11-28-20(25)23-18)12-22-24-19(26)14-2-6-15(21)7-3-14/h2-12H,1H3,(H,24,26)/b22-12+. The largest absolute Gasteiger partial charge is 0.497 e. The molecule has 2 heterocycles. The normalized spacial score (nSPS) is 11.2. The van der Waals surface area contributed by atoms with Crippen LogP contribution < -0.4 is 10.2 Å². The van der Waals surface area contributed by atoms with E-state index in [1.807, 2.05) is 40.2 Å². The van der Waals surface area contributed by atoms with E-state index in [4.69, 9.17) is 16.3 Å². The second-order valence-electron chi connectivity index (χ2n) is 5.84. The molecule has 1 amide bonds. The molecular formula is C20H15ClN4O2S. The molecule has 1 N–H and O–H groups in total. The molecule has 2 aromatic heterocycles. The molecule has 0 saturated heterocycles. The maximum atomic E-state index is 12.2. The smallest absolute Gasteiger partial charge is 0.271 e. The number of ether oxygens (including phenoxy) is 1. The molecule has 6 nitrogen and oxygen atoms in total. The first-order valence-electron chi connectivity index (χ1n) is 8.34. The van der Waals surface area contributed by atoms with Crippen molar-refractivity contribution in [3.05, 3.63) is 76.4 Å². The summed E-state index contributed by atoms with van der Waals surface area (Å²) in [6, 6.07) is 14.3. The molecule has 28 heavy (non-hydrogen) atoms. The second-order valence-corrected chi connectivity index (χ2v) is 7.15. The molecule has 0 aliphatic carbocycles. The highest BCUT2D eigenvalue weighted by Gasteiger charge is 2.14. The van der Waals surface area contributed by atoms with Gasteiger partial charge in [-0.1, -0.05) is 11.6 Å². The van der Waals surface area contributed by atoms with Crippen LogP contribution in [0.5, 0.6) is 5.75 Å². The Bertz CT molecular complexity index is 1150. The van der Waals surface area contributed by atoms with Crippen molar-refractivity contribution >= 4 is 40.0 Å². The van der Waals surface area contributed by atoms with Gasteiger partial charge in [0.15, 0.2) is 4.96 Å². The van der Waals surface area contributed by atoms with Crippen LogP contribution in [0.2, 0.25) is 5.02 Å². The maximum Gasteiger partial charge on any atom is 0.271 e. The van der Waals surface area contributed by atoms with Crippen molar-refractivity contribution < 1.29 is 9.53 Å². The molecule has 8 heteroatoms. The number of fused-ring (bicyclic) bond motifs is 1. The molecule has 0 bridgehead atoms. The number of carbonyl (C=O) groups is 1. The van der Waals surface area contributed by atoms with Crippen LogP contribution in [0.15, 0.2) is 65.2 Å². The number of aromatic nitrogens is 2. The van der Waals surface area contributed by atoms with E-state index < -0.39 is 0 Å². The van der Waals surface area contributed by atoms with Crippen molar-refractivity contribution in [3.63, 3.8) is 0 Å². The molecule has 2 aromatic carbocycles. The van der Waals surface area contributed by atoms with Gasteiger partial charge in [0.05, 0.1) is 24.7 Å². The Morgan fingerprint density at radius 2 is 1.96 bits per heavy atom. The number of imidazole rings is 1. The Hall–Kier alpha value is -3.16. The summed E-state index contributed by atoms with van der Waals surface area (Å²) in [4.78, 5) is 17.8. The number of hydrogen-bond acceptors (Lipinski definition) is 5. The number of carbonyl (C=O) groups excluding carboxylic acids is 1. The lowest BCUT2D eigenvalue weighted by Gasteiger charge is -2.03. The first-order chi connectivity index (χ1) is 13.7. The van der Waals surface area contributed by atoms with Crippen molar-refractivity contribution in [3.8, 4) is 17.0 Å². The monoisotopic (exact) mass is 410 g/mol. The average Bonchev–Trinajstić information content (AvgIpc) is 3.31. The van der Waals surface area contributed by atoms with E-state index in [2.05, 4.69) is 15.5 Å². The SMILES string of the molecule is COc1ccc(-c2nc3sccn3c2/C=N/NC(=O)c2ccc(Cl)cc2)cc1. The van der Waals surface area contributed by atoms with Gasteiger partial charge in [0.25, 0.3) is 5.91 Å². The zero-order chi connectivity index (χ0) is 19.5. The molecule has 0 aliphatic rings. The lowest BCUT2D eigenvalue weighted by molar-refractivity contribution is 0.0955. The van der Waals surface area contributed by atoms with Crippen molar-refractivity contribution in [1.82, 2.24) is 14.8 Å². The van der Waals surface area contributed by atoms with Crippen molar-refractivity contribution in [1.29, 1.82) is 0 Å². The highest BCUT2D eigenvalue weighted by Crippen LogP contribution is 2.27. The van der Waals surface area contributed by atoms with Crippen LogP contribution in [0.4, 0.5) is 0 Å². The number of amides is 1. The molecule has 0 unspecified atom stereocenters. The fraction of sp³-hybridized carbons (Fsp3) is 0.0500. The maximum absolute atomic E-state index is 12.2. The van der Waals surface area contributed by atoms with Gasteiger partial charge in [0.2, 0.25) is 0 Å². The van der Waals surface area contributed by atoms with E-state index in [1.54, 1.807) is 37.6 Å². The molecule has 0 spiro atoms. The van der Waals surface area contributed by atoms with Crippen LogP contribution in [0.25, 0.3) is 16.2 Å². The molecule has 0 atom stereocenters. The summed E-state index contributed by atoms with van der Waals surface area (Å²) in [5, 5.41) is 6.64. The summed E-state index contributed by atoms with van der Waals surface area (Å²) < 4.78 is 7.15. The Kier molecular flexibility index (Phi) is 5.10. The third-order valence-electron chi connectivity index (χ3n) is 4.12. The number of benzene rings is 2. The first-order valence-corrected chi connectivity index (χ1v) is 9.60. The third-order valence-corrected chi connectivity index (χ3v) is 5.13. The van der Waals surface area contributed by atoms with Crippen LogP contribution in [-0.4, -0.2) is 28.6 Å².